The van der Waals surface area contributed by atoms with E-state index in [2.05, 4.69) is 21.2 Å². The van der Waals surface area contributed by atoms with Gasteiger partial charge < -0.3 is 9.73 Å². The van der Waals surface area contributed by atoms with E-state index in [-0.39, 0.29) is 17.5 Å². The first-order valence-electron chi connectivity index (χ1n) is 5.03. The zero-order valence-corrected chi connectivity index (χ0v) is 11.4. The molecule has 0 aliphatic carbocycles. The van der Waals surface area contributed by atoms with Gasteiger partial charge in [-0.15, -0.1) is 0 Å². The van der Waals surface area contributed by atoms with Crippen LogP contribution >= 0.6 is 27.5 Å². The van der Waals surface area contributed by atoms with Crippen molar-refractivity contribution in [3.05, 3.63) is 57.2 Å². The van der Waals surface area contributed by atoms with Crippen LogP contribution in [0.2, 0.25) is 5.02 Å². The molecule has 0 aliphatic rings. The van der Waals surface area contributed by atoms with E-state index in [9.17, 15) is 9.18 Å². The van der Waals surface area contributed by atoms with Crippen molar-refractivity contribution in [2.75, 3.05) is 0 Å². The van der Waals surface area contributed by atoms with E-state index in [1.54, 1.807) is 12.1 Å². The van der Waals surface area contributed by atoms with Crippen LogP contribution in [-0.2, 0) is 6.54 Å². The molecule has 0 radical (unpaired) electrons. The molecule has 18 heavy (non-hydrogen) atoms. The zero-order chi connectivity index (χ0) is 13.1. The molecule has 6 heteroatoms. The number of carbonyl (C=O) groups is 1. The number of furan rings is 1. The first-order valence-corrected chi connectivity index (χ1v) is 6.20. The molecule has 1 heterocycles. The lowest BCUT2D eigenvalue weighted by atomic mass is 10.2. The molecule has 0 unspecified atom stereocenters. The fourth-order valence-corrected chi connectivity index (χ4v) is 2.01. The number of rotatable bonds is 3. The molecule has 0 atom stereocenters. The van der Waals surface area contributed by atoms with Crippen molar-refractivity contribution in [1.29, 1.82) is 0 Å². The molecule has 1 aromatic heterocycles. The lowest BCUT2D eigenvalue weighted by molar-refractivity contribution is 0.0949. The van der Waals surface area contributed by atoms with Crippen molar-refractivity contribution in [2.45, 2.75) is 6.54 Å². The second kappa shape index (κ2) is 5.54. The average Bonchev–Trinajstić information content (AvgIpc) is 2.77. The van der Waals surface area contributed by atoms with Gasteiger partial charge in [0.05, 0.1) is 16.8 Å². The fraction of sp³-hybridized carbons (Fsp3) is 0.0833. The first kappa shape index (κ1) is 13.1. The molecule has 94 valence electrons. The smallest absolute Gasteiger partial charge is 0.256 e. The molecule has 1 amide bonds. The van der Waals surface area contributed by atoms with E-state index < -0.39 is 5.82 Å². The van der Waals surface area contributed by atoms with Crippen LogP contribution < -0.4 is 5.32 Å². The van der Waals surface area contributed by atoms with Gasteiger partial charge in [0.2, 0.25) is 0 Å². The van der Waals surface area contributed by atoms with Gasteiger partial charge in [-0.25, -0.2) is 4.39 Å². The maximum Gasteiger partial charge on any atom is 0.256 e. The van der Waals surface area contributed by atoms with Gasteiger partial charge in [-0.3, -0.25) is 4.79 Å². The summed E-state index contributed by atoms with van der Waals surface area (Å²) in [5.41, 5.74) is 1.12. The van der Waals surface area contributed by atoms with Crippen LogP contribution in [0, 0.1) is 5.82 Å². The van der Waals surface area contributed by atoms with Gasteiger partial charge in [0.1, 0.15) is 5.82 Å². The number of halogens is 3. The molecular weight excluding hydrogens is 324 g/mol. The minimum absolute atomic E-state index is 0.0336. The minimum Gasteiger partial charge on any atom is -0.457 e. The highest BCUT2D eigenvalue weighted by molar-refractivity contribution is 9.10. The van der Waals surface area contributed by atoms with Crippen molar-refractivity contribution in [3.63, 3.8) is 0 Å². The number of carbonyl (C=O) groups excluding carboxylic acids is 1. The van der Waals surface area contributed by atoms with Crippen molar-refractivity contribution in [1.82, 2.24) is 5.32 Å². The summed E-state index contributed by atoms with van der Waals surface area (Å²) in [7, 11) is 0. The summed E-state index contributed by atoms with van der Waals surface area (Å²) in [6, 6.07) is 5.85. The highest BCUT2D eigenvalue weighted by Gasteiger charge is 2.12. The molecule has 1 aromatic carbocycles. The lowest BCUT2D eigenvalue weighted by Gasteiger charge is -2.05. The molecule has 1 N–H and O–H groups in total. The van der Waals surface area contributed by atoms with Crippen LogP contribution in [0.5, 0.6) is 0 Å². The molecule has 0 bridgehead atoms. The summed E-state index contributed by atoms with van der Waals surface area (Å²) in [4.78, 5) is 11.7. The highest BCUT2D eigenvalue weighted by Crippen LogP contribution is 2.18. The van der Waals surface area contributed by atoms with E-state index >= 15 is 0 Å². The maximum absolute atomic E-state index is 12.9. The zero-order valence-electron chi connectivity index (χ0n) is 9.04. The Morgan fingerprint density at radius 2 is 2.22 bits per heavy atom. The average molecular weight is 333 g/mol. The Labute approximate surface area is 116 Å². The Hall–Kier alpha value is -1.33. The largest absolute Gasteiger partial charge is 0.457 e. The van der Waals surface area contributed by atoms with E-state index in [4.69, 9.17) is 16.0 Å². The summed E-state index contributed by atoms with van der Waals surface area (Å²) in [6.07, 6.45) is 1.41. The van der Waals surface area contributed by atoms with Gasteiger partial charge in [0, 0.05) is 6.54 Å². The standard InChI is InChI=1S/C12H8BrClFNO2/c13-11-8(3-4-18-11)12(17)16-6-7-1-2-10(15)9(14)5-7/h1-5H,6H2,(H,16,17). The van der Waals surface area contributed by atoms with Crippen LogP contribution in [0.4, 0.5) is 4.39 Å². The van der Waals surface area contributed by atoms with Gasteiger partial charge in [0.15, 0.2) is 4.67 Å². The summed E-state index contributed by atoms with van der Waals surface area (Å²) in [5.74, 6) is -0.764. The molecule has 3 nitrogen and oxygen atoms in total. The fourth-order valence-electron chi connectivity index (χ4n) is 1.38. The lowest BCUT2D eigenvalue weighted by Crippen LogP contribution is -2.22. The molecule has 2 rings (SSSR count). The van der Waals surface area contributed by atoms with Crippen molar-refractivity contribution < 1.29 is 13.6 Å². The number of amides is 1. The third-order valence-electron chi connectivity index (χ3n) is 2.30. The van der Waals surface area contributed by atoms with E-state index in [1.165, 1.54) is 18.4 Å². The Balaban J connectivity index is 2.02. The Kier molecular flexibility index (Phi) is 4.04. The van der Waals surface area contributed by atoms with Gasteiger partial charge in [-0.2, -0.15) is 0 Å². The van der Waals surface area contributed by atoms with E-state index in [0.717, 1.165) is 5.56 Å². The van der Waals surface area contributed by atoms with Crippen molar-refractivity contribution >= 4 is 33.4 Å². The molecule has 0 aliphatic heterocycles. The van der Waals surface area contributed by atoms with Gasteiger partial charge in [0.25, 0.3) is 5.91 Å². The minimum atomic E-state index is -0.482. The Morgan fingerprint density at radius 3 is 2.83 bits per heavy atom. The predicted octanol–water partition coefficient (Wildman–Crippen LogP) is 3.76. The van der Waals surface area contributed by atoms with Gasteiger partial charge in [-0.1, -0.05) is 17.7 Å². The Morgan fingerprint density at radius 1 is 1.44 bits per heavy atom. The van der Waals surface area contributed by atoms with Gasteiger partial charge >= 0.3 is 0 Å². The SMILES string of the molecule is O=C(NCc1ccc(F)c(Cl)c1)c1ccoc1Br. The maximum atomic E-state index is 12.9. The van der Waals surface area contributed by atoms with E-state index in [1.807, 2.05) is 0 Å². The van der Waals surface area contributed by atoms with Crippen LogP contribution in [0.25, 0.3) is 0 Å². The highest BCUT2D eigenvalue weighted by atomic mass is 79.9. The van der Waals surface area contributed by atoms with Gasteiger partial charge in [-0.05, 0) is 39.7 Å². The molecule has 0 saturated heterocycles. The number of benzene rings is 1. The second-order valence-corrected chi connectivity index (χ2v) is 4.67. The Bertz CT molecular complexity index is 585. The number of nitrogens with one attached hydrogen (secondary N) is 1. The number of hydrogen-bond acceptors (Lipinski definition) is 2. The molecule has 0 spiro atoms. The van der Waals surface area contributed by atoms with Crippen molar-refractivity contribution in [3.8, 4) is 0 Å². The molecular formula is C12H8BrClFNO2. The van der Waals surface area contributed by atoms with Crippen LogP contribution in [-0.4, -0.2) is 5.91 Å². The third kappa shape index (κ3) is 2.91. The monoisotopic (exact) mass is 331 g/mol. The summed E-state index contributed by atoms with van der Waals surface area (Å²) in [5, 5.41) is 2.71. The quantitative estimate of drug-likeness (QED) is 0.930. The number of hydrogen-bond donors (Lipinski definition) is 1. The molecule has 0 fully saturated rings. The second-order valence-electron chi connectivity index (χ2n) is 3.54. The normalized spacial score (nSPS) is 10.4. The summed E-state index contributed by atoms with van der Waals surface area (Å²) in [6.45, 7) is 0.260. The van der Waals surface area contributed by atoms with Crippen molar-refractivity contribution in [2.24, 2.45) is 0 Å². The van der Waals surface area contributed by atoms with Crippen LogP contribution in [0.1, 0.15) is 15.9 Å². The topological polar surface area (TPSA) is 42.2 Å². The molecule has 2 aromatic rings. The van der Waals surface area contributed by atoms with Crippen LogP contribution in [0.3, 0.4) is 0 Å². The first-order chi connectivity index (χ1) is 8.58. The molecule has 0 saturated carbocycles. The van der Waals surface area contributed by atoms with Crippen LogP contribution in [0.15, 0.2) is 39.6 Å². The predicted molar refractivity (Wildman–Crippen MR) is 69.0 cm³/mol. The summed E-state index contributed by atoms with van der Waals surface area (Å²) < 4.78 is 18.3. The van der Waals surface area contributed by atoms with E-state index in [0.29, 0.717) is 10.2 Å². The summed E-state index contributed by atoms with van der Waals surface area (Å²) >= 11 is 8.76. The third-order valence-corrected chi connectivity index (χ3v) is 3.20.